The van der Waals surface area contributed by atoms with E-state index in [1.807, 2.05) is 23.9 Å². The molecule has 0 saturated carbocycles. The standard InChI is InChI=1S/C15H25N3OS/c1-5-14(10-20-4)18(3)9-13-7-6-12(8-11(13)2)15(16)17-19/h6-8,14,19H,5,9-10H2,1-4H3,(H2,16,17). The molecule has 1 aromatic carbocycles. The van der Waals surface area contributed by atoms with Crippen molar-refractivity contribution in [3.05, 3.63) is 34.9 Å². The molecule has 0 aromatic heterocycles. The van der Waals surface area contributed by atoms with E-state index in [0.717, 1.165) is 24.3 Å². The van der Waals surface area contributed by atoms with Crippen LogP contribution in [0.2, 0.25) is 0 Å². The van der Waals surface area contributed by atoms with Gasteiger partial charge in [-0.1, -0.05) is 24.2 Å². The molecule has 3 N–H and O–H groups in total. The molecule has 0 radical (unpaired) electrons. The van der Waals surface area contributed by atoms with Gasteiger partial charge in [0.15, 0.2) is 5.84 Å². The summed E-state index contributed by atoms with van der Waals surface area (Å²) in [6.07, 6.45) is 3.30. The summed E-state index contributed by atoms with van der Waals surface area (Å²) >= 11 is 1.89. The minimum Gasteiger partial charge on any atom is -0.409 e. The number of nitrogens with zero attached hydrogens (tertiary/aromatic N) is 2. The molecule has 0 aliphatic carbocycles. The first kappa shape index (κ1) is 16.9. The van der Waals surface area contributed by atoms with Crippen LogP contribution in [-0.2, 0) is 6.54 Å². The molecule has 1 aromatic rings. The largest absolute Gasteiger partial charge is 0.409 e. The normalized spacial score (nSPS) is 13.8. The van der Waals surface area contributed by atoms with Gasteiger partial charge in [-0.3, -0.25) is 4.90 Å². The van der Waals surface area contributed by atoms with Gasteiger partial charge in [-0.25, -0.2) is 0 Å². The Morgan fingerprint density at radius 3 is 2.70 bits per heavy atom. The van der Waals surface area contributed by atoms with E-state index in [1.54, 1.807) is 0 Å². The highest BCUT2D eigenvalue weighted by Gasteiger charge is 2.13. The fraction of sp³-hybridized carbons (Fsp3) is 0.533. The summed E-state index contributed by atoms with van der Waals surface area (Å²) in [5.74, 6) is 1.30. The Morgan fingerprint density at radius 1 is 1.50 bits per heavy atom. The monoisotopic (exact) mass is 295 g/mol. The average molecular weight is 295 g/mol. The van der Waals surface area contributed by atoms with Crippen LogP contribution >= 0.6 is 11.8 Å². The maximum atomic E-state index is 8.71. The average Bonchev–Trinajstić information content (AvgIpc) is 2.45. The molecule has 0 aliphatic heterocycles. The second-order valence-electron chi connectivity index (χ2n) is 5.06. The number of hydrogen-bond donors (Lipinski definition) is 2. The Labute approximate surface area is 126 Å². The van der Waals surface area contributed by atoms with Crippen molar-refractivity contribution in [2.75, 3.05) is 19.1 Å². The maximum Gasteiger partial charge on any atom is 0.170 e. The van der Waals surface area contributed by atoms with Crippen LogP contribution in [0.15, 0.2) is 23.4 Å². The van der Waals surface area contributed by atoms with E-state index in [0.29, 0.717) is 6.04 Å². The van der Waals surface area contributed by atoms with Gasteiger partial charge in [-0.2, -0.15) is 11.8 Å². The molecule has 0 amide bonds. The van der Waals surface area contributed by atoms with E-state index in [9.17, 15) is 0 Å². The van der Waals surface area contributed by atoms with Crippen LogP contribution < -0.4 is 5.73 Å². The molecule has 0 saturated heterocycles. The summed E-state index contributed by atoms with van der Waals surface area (Å²) < 4.78 is 0. The summed E-state index contributed by atoms with van der Waals surface area (Å²) in [6.45, 7) is 5.21. The van der Waals surface area contributed by atoms with Crippen LogP contribution in [0.4, 0.5) is 0 Å². The lowest BCUT2D eigenvalue weighted by atomic mass is 10.0. The highest BCUT2D eigenvalue weighted by Crippen LogP contribution is 2.16. The molecular weight excluding hydrogens is 270 g/mol. The topological polar surface area (TPSA) is 61.8 Å². The van der Waals surface area contributed by atoms with Crippen molar-refractivity contribution in [3.8, 4) is 0 Å². The van der Waals surface area contributed by atoms with Gasteiger partial charge in [0.05, 0.1) is 0 Å². The quantitative estimate of drug-likeness (QED) is 0.351. The number of nitrogens with two attached hydrogens (primary N) is 1. The van der Waals surface area contributed by atoms with Crippen LogP contribution in [0.5, 0.6) is 0 Å². The third-order valence-electron chi connectivity index (χ3n) is 3.62. The van der Waals surface area contributed by atoms with Crippen molar-refractivity contribution in [3.63, 3.8) is 0 Å². The molecule has 1 rings (SSSR count). The van der Waals surface area contributed by atoms with Gasteiger partial charge >= 0.3 is 0 Å². The number of rotatable bonds is 7. The van der Waals surface area contributed by atoms with E-state index < -0.39 is 0 Å². The zero-order chi connectivity index (χ0) is 15.1. The maximum absolute atomic E-state index is 8.71. The molecule has 112 valence electrons. The van der Waals surface area contributed by atoms with Gasteiger partial charge in [0.2, 0.25) is 0 Å². The molecule has 1 unspecified atom stereocenters. The van der Waals surface area contributed by atoms with Gasteiger partial charge in [-0.05, 0) is 43.8 Å². The number of amidine groups is 1. The van der Waals surface area contributed by atoms with Gasteiger partial charge in [0.1, 0.15) is 0 Å². The summed E-state index contributed by atoms with van der Waals surface area (Å²) in [5.41, 5.74) is 8.81. The highest BCUT2D eigenvalue weighted by molar-refractivity contribution is 7.98. The van der Waals surface area contributed by atoms with Crippen molar-refractivity contribution in [2.45, 2.75) is 32.9 Å². The van der Waals surface area contributed by atoms with Crippen LogP contribution in [0, 0.1) is 6.92 Å². The predicted molar refractivity (Wildman–Crippen MR) is 87.6 cm³/mol. The van der Waals surface area contributed by atoms with E-state index in [-0.39, 0.29) is 5.84 Å². The Hall–Kier alpha value is -1.20. The lowest BCUT2D eigenvalue weighted by Gasteiger charge is -2.27. The van der Waals surface area contributed by atoms with Crippen molar-refractivity contribution in [1.82, 2.24) is 4.90 Å². The number of aryl methyl sites for hydroxylation is 1. The van der Waals surface area contributed by atoms with Crippen molar-refractivity contribution in [1.29, 1.82) is 0 Å². The third kappa shape index (κ3) is 4.42. The van der Waals surface area contributed by atoms with E-state index in [2.05, 4.69) is 43.3 Å². The second kappa shape index (κ2) is 8.17. The fourth-order valence-corrected chi connectivity index (χ4v) is 3.11. The Bertz CT molecular complexity index is 462. The minimum atomic E-state index is 0.154. The lowest BCUT2D eigenvalue weighted by Crippen LogP contribution is -2.32. The second-order valence-corrected chi connectivity index (χ2v) is 5.97. The molecule has 0 spiro atoms. The van der Waals surface area contributed by atoms with Gasteiger partial charge < -0.3 is 10.9 Å². The molecule has 0 aliphatic rings. The Morgan fingerprint density at radius 2 is 2.20 bits per heavy atom. The fourth-order valence-electron chi connectivity index (χ4n) is 2.24. The minimum absolute atomic E-state index is 0.154. The molecule has 0 fully saturated rings. The van der Waals surface area contributed by atoms with Gasteiger partial charge in [0, 0.05) is 23.9 Å². The summed E-state index contributed by atoms with van der Waals surface area (Å²) in [4.78, 5) is 2.39. The van der Waals surface area contributed by atoms with Crippen molar-refractivity contribution in [2.24, 2.45) is 10.9 Å². The van der Waals surface area contributed by atoms with E-state index >= 15 is 0 Å². The number of oxime groups is 1. The number of thioether (sulfide) groups is 1. The molecule has 4 nitrogen and oxygen atoms in total. The number of hydrogen-bond acceptors (Lipinski definition) is 4. The van der Waals surface area contributed by atoms with Gasteiger partial charge in [0.25, 0.3) is 0 Å². The summed E-state index contributed by atoms with van der Waals surface area (Å²) in [6, 6.07) is 6.52. The van der Waals surface area contributed by atoms with E-state index in [1.165, 1.54) is 11.1 Å². The highest BCUT2D eigenvalue weighted by atomic mass is 32.2. The zero-order valence-electron chi connectivity index (χ0n) is 12.8. The van der Waals surface area contributed by atoms with Crippen LogP contribution in [0.1, 0.15) is 30.0 Å². The summed E-state index contributed by atoms with van der Waals surface area (Å²) in [5, 5.41) is 11.7. The third-order valence-corrected chi connectivity index (χ3v) is 4.34. The molecule has 0 bridgehead atoms. The SMILES string of the molecule is CCC(CSC)N(C)Cc1ccc(/C(N)=N/O)cc1C. The molecule has 1 atom stereocenters. The molecule has 5 heteroatoms. The number of benzene rings is 1. The van der Waals surface area contributed by atoms with Crippen LogP contribution in [0.3, 0.4) is 0 Å². The molecule has 0 heterocycles. The summed E-state index contributed by atoms with van der Waals surface area (Å²) in [7, 11) is 2.17. The predicted octanol–water partition coefficient (Wildman–Crippen LogP) is 2.66. The first-order valence-corrected chi connectivity index (χ1v) is 8.19. The zero-order valence-corrected chi connectivity index (χ0v) is 13.6. The smallest absolute Gasteiger partial charge is 0.170 e. The van der Waals surface area contributed by atoms with Crippen molar-refractivity contribution >= 4 is 17.6 Å². The Kier molecular flexibility index (Phi) is 6.88. The molecular formula is C15H25N3OS. The first-order chi connectivity index (χ1) is 9.53. The molecule has 20 heavy (non-hydrogen) atoms. The van der Waals surface area contributed by atoms with Crippen molar-refractivity contribution < 1.29 is 5.21 Å². The van der Waals surface area contributed by atoms with Crippen LogP contribution in [0.25, 0.3) is 0 Å². The first-order valence-electron chi connectivity index (χ1n) is 6.80. The Balaban J connectivity index is 2.82. The lowest BCUT2D eigenvalue weighted by molar-refractivity contribution is 0.247. The van der Waals surface area contributed by atoms with E-state index in [4.69, 9.17) is 10.9 Å². The van der Waals surface area contributed by atoms with Crippen LogP contribution in [-0.4, -0.2) is 41.0 Å². The van der Waals surface area contributed by atoms with Gasteiger partial charge in [-0.15, -0.1) is 0 Å².